The molecule has 1 aromatic heterocycles. The number of nitrogens with zero attached hydrogens (tertiary/aromatic N) is 4. The number of aromatic nitrogens is 1. The van der Waals surface area contributed by atoms with Crippen LogP contribution in [-0.4, -0.2) is 84.6 Å². The molecule has 2 aliphatic heterocycles. The molecule has 0 saturated carbocycles. The van der Waals surface area contributed by atoms with E-state index in [4.69, 9.17) is 9.26 Å². The number of carbonyl (C=O) groups is 2. The zero-order valence-corrected chi connectivity index (χ0v) is 18.2. The number of para-hydroxylation sites is 1. The van der Waals surface area contributed by atoms with E-state index in [1.165, 1.54) is 0 Å². The van der Waals surface area contributed by atoms with Gasteiger partial charge in [0.05, 0.1) is 18.6 Å². The van der Waals surface area contributed by atoms with E-state index < -0.39 is 0 Å². The van der Waals surface area contributed by atoms with Gasteiger partial charge in [0.15, 0.2) is 11.5 Å². The van der Waals surface area contributed by atoms with E-state index in [9.17, 15) is 9.59 Å². The van der Waals surface area contributed by atoms with Gasteiger partial charge in [0.25, 0.3) is 5.91 Å². The van der Waals surface area contributed by atoms with Crippen molar-refractivity contribution >= 4 is 11.8 Å². The first-order valence-electron chi connectivity index (χ1n) is 11.0. The first-order valence-corrected chi connectivity index (χ1v) is 11.0. The molecule has 1 atom stereocenters. The molecule has 0 radical (unpaired) electrons. The topological polar surface area (TPSA) is 79.1 Å². The fourth-order valence-electron chi connectivity index (χ4n) is 4.42. The first kappa shape index (κ1) is 21.4. The molecule has 4 rings (SSSR count). The maximum atomic E-state index is 13.1. The van der Waals surface area contributed by atoms with E-state index in [0.29, 0.717) is 24.6 Å². The van der Waals surface area contributed by atoms with Crippen LogP contribution in [0.1, 0.15) is 30.3 Å². The fraction of sp³-hybridized carbons (Fsp3) is 0.522. The molecule has 1 unspecified atom stereocenters. The van der Waals surface area contributed by atoms with E-state index in [0.717, 1.165) is 51.1 Å². The summed E-state index contributed by atoms with van der Waals surface area (Å²) < 4.78 is 10.8. The lowest BCUT2D eigenvalue weighted by atomic mass is 9.96. The highest BCUT2D eigenvalue weighted by molar-refractivity contribution is 5.94. The van der Waals surface area contributed by atoms with Crippen LogP contribution >= 0.6 is 0 Å². The number of ether oxygens (including phenoxy) is 1. The SMILES string of the molecule is CCN1CCN(C(=O)C2CCCN(C(=O)c3cc(-c4ccccc4OC)on3)C2)CC1. The van der Waals surface area contributed by atoms with Gasteiger partial charge in [-0.05, 0) is 31.5 Å². The van der Waals surface area contributed by atoms with Crippen molar-refractivity contribution in [3.8, 4) is 17.1 Å². The number of piperazine rings is 1. The number of benzene rings is 1. The minimum Gasteiger partial charge on any atom is -0.496 e. The van der Waals surface area contributed by atoms with Crippen LogP contribution in [0.15, 0.2) is 34.9 Å². The summed E-state index contributed by atoms with van der Waals surface area (Å²) in [4.78, 5) is 32.1. The number of hydrogen-bond donors (Lipinski definition) is 0. The van der Waals surface area contributed by atoms with Gasteiger partial charge in [-0.25, -0.2) is 0 Å². The van der Waals surface area contributed by atoms with Gasteiger partial charge in [-0.2, -0.15) is 0 Å². The second-order valence-electron chi connectivity index (χ2n) is 8.13. The molecule has 0 N–H and O–H groups in total. The highest BCUT2D eigenvalue weighted by atomic mass is 16.5. The van der Waals surface area contributed by atoms with Crippen molar-refractivity contribution in [3.05, 3.63) is 36.0 Å². The number of likely N-dealkylation sites (tertiary alicyclic amines) is 1. The highest BCUT2D eigenvalue weighted by Gasteiger charge is 2.33. The Morgan fingerprint density at radius 2 is 1.90 bits per heavy atom. The number of piperidine rings is 1. The largest absolute Gasteiger partial charge is 0.496 e. The monoisotopic (exact) mass is 426 g/mol. The zero-order valence-electron chi connectivity index (χ0n) is 18.2. The Balaban J connectivity index is 1.41. The highest BCUT2D eigenvalue weighted by Crippen LogP contribution is 2.30. The van der Waals surface area contributed by atoms with E-state index in [2.05, 4.69) is 17.0 Å². The summed E-state index contributed by atoms with van der Waals surface area (Å²) in [7, 11) is 1.59. The van der Waals surface area contributed by atoms with Crippen LogP contribution in [0.5, 0.6) is 5.75 Å². The molecule has 1 aromatic carbocycles. The molecule has 2 aliphatic rings. The average molecular weight is 427 g/mol. The van der Waals surface area contributed by atoms with Gasteiger partial charge in [0.1, 0.15) is 5.75 Å². The van der Waals surface area contributed by atoms with E-state index in [1.54, 1.807) is 18.1 Å². The van der Waals surface area contributed by atoms with Crippen LogP contribution in [0.25, 0.3) is 11.3 Å². The average Bonchev–Trinajstić information content (AvgIpc) is 3.33. The van der Waals surface area contributed by atoms with Crippen LogP contribution < -0.4 is 4.74 Å². The molecule has 2 fully saturated rings. The summed E-state index contributed by atoms with van der Waals surface area (Å²) in [5, 5.41) is 4.00. The van der Waals surface area contributed by atoms with Crippen molar-refractivity contribution in [3.63, 3.8) is 0 Å². The molecule has 166 valence electrons. The minimum atomic E-state index is -0.196. The minimum absolute atomic E-state index is 0.147. The van der Waals surface area contributed by atoms with Crippen LogP contribution in [0.4, 0.5) is 0 Å². The zero-order chi connectivity index (χ0) is 21.8. The summed E-state index contributed by atoms with van der Waals surface area (Å²) in [6, 6.07) is 9.10. The number of methoxy groups -OCH3 is 1. The summed E-state index contributed by atoms with van der Waals surface area (Å²) >= 11 is 0. The van der Waals surface area contributed by atoms with E-state index in [1.807, 2.05) is 29.2 Å². The van der Waals surface area contributed by atoms with Crippen molar-refractivity contribution in [2.45, 2.75) is 19.8 Å². The molecule has 8 nitrogen and oxygen atoms in total. The number of carbonyl (C=O) groups excluding carboxylic acids is 2. The molecular formula is C23H30N4O4. The van der Waals surface area contributed by atoms with E-state index in [-0.39, 0.29) is 23.4 Å². The third-order valence-corrected chi connectivity index (χ3v) is 6.29. The van der Waals surface area contributed by atoms with Crippen LogP contribution in [0.3, 0.4) is 0 Å². The van der Waals surface area contributed by atoms with E-state index >= 15 is 0 Å². The Bertz CT molecular complexity index is 920. The quantitative estimate of drug-likeness (QED) is 0.730. The predicted molar refractivity (Wildman–Crippen MR) is 116 cm³/mol. The Labute approximate surface area is 182 Å². The Morgan fingerprint density at radius 3 is 2.65 bits per heavy atom. The van der Waals surface area contributed by atoms with Crippen molar-refractivity contribution in [1.29, 1.82) is 0 Å². The fourth-order valence-corrected chi connectivity index (χ4v) is 4.42. The van der Waals surface area contributed by atoms with Gasteiger partial charge in [0, 0.05) is 45.3 Å². The molecule has 8 heteroatoms. The number of hydrogen-bond acceptors (Lipinski definition) is 6. The third-order valence-electron chi connectivity index (χ3n) is 6.29. The lowest BCUT2D eigenvalue weighted by molar-refractivity contribution is -0.138. The summed E-state index contributed by atoms with van der Waals surface area (Å²) in [6.07, 6.45) is 1.64. The number of rotatable bonds is 5. The van der Waals surface area contributed by atoms with Crippen LogP contribution in [0, 0.1) is 5.92 Å². The lowest BCUT2D eigenvalue weighted by Crippen LogP contribution is -2.53. The predicted octanol–water partition coefficient (Wildman–Crippen LogP) is 2.37. The van der Waals surface area contributed by atoms with Gasteiger partial charge in [0.2, 0.25) is 5.91 Å². The maximum absolute atomic E-state index is 13.1. The summed E-state index contributed by atoms with van der Waals surface area (Å²) in [5.74, 6) is 0.969. The second-order valence-corrected chi connectivity index (χ2v) is 8.13. The van der Waals surface area contributed by atoms with Crippen LogP contribution in [0.2, 0.25) is 0 Å². The first-order chi connectivity index (χ1) is 15.1. The molecule has 2 saturated heterocycles. The summed E-state index contributed by atoms with van der Waals surface area (Å²) in [5.41, 5.74) is 1.00. The normalized spacial score (nSPS) is 20.0. The van der Waals surface area contributed by atoms with Gasteiger partial charge in [-0.15, -0.1) is 0 Å². The van der Waals surface area contributed by atoms with Gasteiger partial charge < -0.3 is 24.0 Å². The van der Waals surface area contributed by atoms with Crippen LogP contribution in [-0.2, 0) is 4.79 Å². The van der Waals surface area contributed by atoms with Gasteiger partial charge in [-0.3, -0.25) is 9.59 Å². The number of amides is 2. The summed E-state index contributed by atoms with van der Waals surface area (Å²) in [6.45, 7) is 7.59. The molecule has 0 spiro atoms. The smallest absolute Gasteiger partial charge is 0.276 e. The third kappa shape index (κ3) is 4.58. The standard InChI is InChI=1S/C23H30N4O4/c1-3-25-11-13-26(14-12-25)22(28)17-7-6-10-27(16-17)23(29)19-15-21(31-24-19)18-8-4-5-9-20(18)30-2/h4-5,8-9,15,17H,3,6-7,10-14,16H2,1-2H3. The Kier molecular flexibility index (Phi) is 6.56. The molecule has 2 aromatic rings. The van der Waals surface area contributed by atoms with Crippen molar-refractivity contribution in [2.75, 3.05) is 52.9 Å². The lowest BCUT2D eigenvalue weighted by Gasteiger charge is -2.38. The maximum Gasteiger partial charge on any atom is 0.276 e. The van der Waals surface area contributed by atoms with Gasteiger partial charge >= 0.3 is 0 Å². The molecule has 2 amide bonds. The van der Waals surface area contributed by atoms with Crippen molar-refractivity contribution in [1.82, 2.24) is 19.9 Å². The molecule has 0 bridgehead atoms. The molecular weight excluding hydrogens is 396 g/mol. The Hall–Kier alpha value is -2.87. The molecule has 3 heterocycles. The number of likely N-dealkylation sites (N-methyl/N-ethyl adjacent to an activating group) is 1. The molecule has 0 aliphatic carbocycles. The van der Waals surface area contributed by atoms with Crippen molar-refractivity contribution < 1.29 is 18.8 Å². The van der Waals surface area contributed by atoms with Gasteiger partial charge in [-0.1, -0.05) is 24.2 Å². The Morgan fingerprint density at radius 1 is 1.13 bits per heavy atom. The molecule has 31 heavy (non-hydrogen) atoms. The second kappa shape index (κ2) is 9.51. The van der Waals surface area contributed by atoms with Crippen molar-refractivity contribution in [2.24, 2.45) is 5.92 Å².